The molecule has 0 aliphatic rings. The molecule has 0 saturated carbocycles. The number of benzene rings is 2. The monoisotopic (exact) mass is 396 g/mol. The van der Waals surface area contributed by atoms with Crippen LogP contribution in [0.2, 0.25) is 10.0 Å². The van der Waals surface area contributed by atoms with Gasteiger partial charge in [0.2, 0.25) is 0 Å². The van der Waals surface area contributed by atoms with Gasteiger partial charge in [-0.25, -0.2) is 0 Å². The fourth-order valence-corrected chi connectivity index (χ4v) is 2.48. The van der Waals surface area contributed by atoms with Crippen LogP contribution in [0.4, 0.5) is 11.4 Å². The van der Waals surface area contributed by atoms with Gasteiger partial charge in [-0.1, -0.05) is 40.9 Å². The first kappa shape index (κ1) is 19.0. The van der Waals surface area contributed by atoms with Gasteiger partial charge in [-0.2, -0.15) is 0 Å². The molecule has 0 aliphatic heterocycles. The molecule has 0 atom stereocenters. The van der Waals surface area contributed by atoms with E-state index in [0.29, 0.717) is 21.4 Å². The third-order valence-corrected chi connectivity index (χ3v) is 3.57. The van der Waals surface area contributed by atoms with Crippen molar-refractivity contribution < 1.29 is 9.59 Å². The van der Waals surface area contributed by atoms with Crippen molar-refractivity contribution in [1.29, 1.82) is 0 Å². The molecule has 2 amide bonds. The standard InChI is InChI=1S/C16H14Cl2N4O2S/c1-9-2-4-12(5-3-9)19-14(23)15(24)21-22-16(25)20-13-7-10(17)6-11(18)8-13/h2-8H,1H3,(H,19,23)(H,21,24)(H2,20,22,25). The van der Waals surface area contributed by atoms with E-state index in [9.17, 15) is 9.59 Å². The number of anilines is 2. The number of nitrogens with one attached hydrogen (secondary N) is 4. The molecule has 130 valence electrons. The molecule has 0 bridgehead atoms. The number of halogens is 2. The summed E-state index contributed by atoms with van der Waals surface area (Å²) in [6.45, 7) is 1.92. The molecular weight excluding hydrogens is 383 g/mol. The van der Waals surface area contributed by atoms with Gasteiger partial charge in [-0.05, 0) is 49.5 Å². The molecule has 2 aromatic carbocycles. The molecule has 0 heterocycles. The summed E-state index contributed by atoms with van der Waals surface area (Å²) in [7, 11) is 0. The van der Waals surface area contributed by atoms with Gasteiger partial charge in [0.1, 0.15) is 0 Å². The Morgan fingerprint density at radius 3 is 2.04 bits per heavy atom. The minimum Gasteiger partial charge on any atom is -0.331 e. The Morgan fingerprint density at radius 2 is 1.44 bits per heavy atom. The normalized spacial score (nSPS) is 9.88. The Morgan fingerprint density at radius 1 is 0.840 bits per heavy atom. The Balaban J connectivity index is 1.83. The second kappa shape index (κ2) is 8.66. The van der Waals surface area contributed by atoms with Crippen LogP contribution in [0.5, 0.6) is 0 Å². The number of hydrogen-bond donors (Lipinski definition) is 4. The number of amides is 2. The second-order valence-electron chi connectivity index (χ2n) is 5.01. The summed E-state index contributed by atoms with van der Waals surface area (Å²) in [6, 6.07) is 11.8. The van der Waals surface area contributed by atoms with Gasteiger partial charge in [0.05, 0.1) is 0 Å². The molecule has 0 saturated heterocycles. The average Bonchev–Trinajstić information content (AvgIpc) is 2.53. The van der Waals surface area contributed by atoms with Crippen LogP contribution in [-0.2, 0) is 9.59 Å². The van der Waals surface area contributed by atoms with E-state index in [2.05, 4.69) is 21.5 Å². The van der Waals surface area contributed by atoms with Gasteiger partial charge in [0.25, 0.3) is 0 Å². The number of carbonyl (C=O) groups excluding carboxylic acids is 2. The molecule has 0 unspecified atom stereocenters. The molecule has 0 spiro atoms. The van der Waals surface area contributed by atoms with Crippen LogP contribution >= 0.6 is 35.4 Å². The average molecular weight is 397 g/mol. The van der Waals surface area contributed by atoms with Crippen molar-refractivity contribution in [3.63, 3.8) is 0 Å². The molecule has 9 heteroatoms. The Kier molecular flexibility index (Phi) is 6.58. The number of rotatable bonds is 2. The van der Waals surface area contributed by atoms with E-state index in [0.717, 1.165) is 5.56 Å². The lowest BCUT2D eigenvalue weighted by atomic mass is 10.2. The smallest absolute Gasteiger partial charge is 0.328 e. The van der Waals surface area contributed by atoms with Crippen molar-refractivity contribution in [2.45, 2.75) is 6.92 Å². The molecule has 0 fully saturated rings. The van der Waals surface area contributed by atoms with Crippen molar-refractivity contribution in [3.8, 4) is 0 Å². The first-order valence-corrected chi connectivity index (χ1v) is 8.21. The van der Waals surface area contributed by atoms with Crippen molar-refractivity contribution in [3.05, 3.63) is 58.1 Å². The predicted molar refractivity (Wildman–Crippen MR) is 104 cm³/mol. The highest BCUT2D eigenvalue weighted by Crippen LogP contribution is 2.22. The number of hydrogen-bond acceptors (Lipinski definition) is 3. The van der Waals surface area contributed by atoms with Gasteiger partial charge >= 0.3 is 11.8 Å². The number of aryl methyl sites for hydroxylation is 1. The minimum absolute atomic E-state index is 0.0646. The maximum absolute atomic E-state index is 11.8. The van der Waals surface area contributed by atoms with Gasteiger partial charge in [0, 0.05) is 21.4 Å². The van der Waals surface area contributed by atoms with Gasteiger partial charge in [-0.15, -0.1) is 0 Å². The van der Waals surface area contributed by atoms with E-state index in [1.54, 1.807) is 30.3 Å². The fourth-order valence-electron chi connectivity index (χ4n) is 1.78. The Hall–Kier alpha value is -2.35. The third-order valence-electron chi connectivity index (χ3n) is 2.93. The third kappa shape index (κ3) is 6.22. The minimum atomic E-state index is -0.895. The first-order chi connectivity index (χ1) is 11.8. The summed E-state index contributed by atoms with van der Waals surface area (Å²) in [5, 5.41) is 6.17. The number of hydrazine groups is 1. The highest BCUT2D eigenvalue weighted by atomic mass is 35.5. The summed E-state index contributed by atoms with van der Waals surface area (Å²) in [5.41, 5.74) is 6.70. The van der Waals surface area contributed by atoms with Crippen LogP contribution in [0.25, 0.3) is 0 Å². The van der Waals surface area contributed by atoms with Crippen LogP contribution < -0.4 is 21.5 Å². The zero-order valence-electron chi connectivity index (χ0n) is 13.0. The molecule has 0 aromatic heterocycles. The van der Waals surface area contributed by atoms with E-state index in [1.807, 2.05) is 19.1 Å². The van der Waals surface area contributed by atoms with Crippen LogP contribution in [0, 0.1) is 6.92 Å². The van der Waals surface area contributed by atoms with Gasteiger partial charge in [0.15, 0.2) is 5.11 Å². The maximum atomic E-state index is 11.8. The van der Waals surface area contributed by atoms with Crippen molar-refractivity contribution in [2.24, 2.45) is 0 Å². The van der Waals surface area contributed by atoms with E-state index < -0.39 is 11.8 Å². The molecular formula is C16H14Cl2N4O2S. The summed E-state index contributed by atoms with van der Waals surface area (Å²) >= 11 is 16.8. The topological polar surface area (TPSA) is 82.3 Å². The molecule has 0 radical (unpaired) electrons. The van der Waals surface area contributed by atoms with Crippen LogP contribution in [0.15, 0.2) is 42.5 Å². The van der Waals surface area contributed by atoms with Crippen molar-refractivity contribution in [1.82, 2.24) is 10.9 Å². The highest BCUT2D eigenvalue weighted by Gasteiger charge is 2.13. The zero-order chi connectivity index (χ0) is 18.4. The summed E-state index contributed by atoms with van der Waals surface area (Å²) in [5.74, 6) is -1.72. The van der Waals surface area contributed by atoms with Crippen molar-refractivity contribution >= 4 is 63.7 Å². The van der Waals surface area contributed by atoms with E-state index >= 15 is 0 Å². The number of thiocarbonyl (C=S) groups is 1. The van der Waals surface area contributed by atoms with E-state index in [-0.39, 0.29) is 5.11 Å². The summed E-state index contributed by atoms with van der Waals surface area (Å²) in [4.78, 5) is 23.6. The van der Waals surface area contributed by atoms with Crippen LogP contribution in [0.1, 0.15) is 5.56 Å². The largest absolute Gasteiger partial charge is 0.331 e. The Bertz CT molecular complexity index is 792. The maximum Gasteiger partial charge on any atom is 0.328 e. The SMILES string of the molecule is Cc1ccc(NC(=O)C(=O)NNC(=S)Nc2cc(Cl)cc(Cl)c2)cc1. The molecule has 4 N–H and O–H groups in total. The second-order valence-corrected chi connectivity index (χ2v) is 6.29. The van der Waals surface area contributed by atoms with E-state index in [1.165, 1.54) is 0 Å². The summed E-state index contributed by atoms with van der Waals surface area (Å²) in [6.07, 6.45) is 0. The number of carbonyl (C=O) groups is 2. The molecule has 2 aromatic rings. The Labute approximate surface area is 159 Å². The van der Waals surface area contributed by atoms with Crippen LogP contribution in [-0.4, -0.2) is 16.9 Å². The van der Waals surface area contributed by atoms with E-state index in [4.69, 9.17) is 35.4 Å². The lowest BCUT2D eigenvalue weighted by Crippen LogP contribution is -2.48. The van der Waals surface area contributed by atoms with Gasteiger partial charge < -0.3 is 10.6 Å². The lowest BCUT2D eigenvalue weighted by Gasteiger charge is -2.12. The molecule has 25 heavy (non-hydrogen) atoms. The quantitative estimate of drug-likeness (QED) is 0.355. The van der Waals surface area contributed by atoms with Crippen LogP contribution in [0.3, 0.4) is 0 Å². The highest BCUT2D eigenvalue weighted by molar-refractivity contribution is 7.80. The fraction of sp³-hybridized carbons (Fsp3) is 0.0625. The molecule has 2 rings (SSSR count). The predicted octanol–water partition coefficient (Wildman–Crippen LogP) is 3.26. The van der Waals surface area contributed by atoms with Gasteiger partial charge in [-0.3, -0.25) is 20.4 Å². The lowest BCUT2D eigenvalue weighted by molar-refractivity contribution is -0.136. The molecule has 0 aliphatic carbocycles. The van der Waals surface area contributed by atoms with Crippen molar-refractivity contribution in [2.75, 3.05) is 10.6 Å². The summed E-state index contributed by atoms with van der Waals surface area (Å²) < 4.78 is 0. The first-order valence-electron chi connectivity index (χ1n) is 7.04. The molecule has 6 nitrogen and oxygen atoms in total. The zero-order valence-corrected chi connectivity index (χ0v) is 15.4.